The minimum absolute atomic E-state index is 0.00372. The molecule has 1 aromatic heterocycles. The Morgan fingerprint density at radius 1 is 1.20 bits per heavy atom. The lowest BCUT2D eigenvalue weighted by Gasteiger charge is -2.39. The van der Waals surface area contributed by atoms with E-state index in [-0.39, 0.29) is 30.2 Å². The zero-order valence-electron chi connectivity index (χ0n) is 16.8. The summed E-state index contributed by atoms with van der Waals surface area (Å²) in [7, 11) is 0. The first-order valence-corrected chi connectivity index (χ1v) is 12.9. The third kappa shape index (κ3) is 7.01. The first kappa shape index (κ1) is 23.1. The summed E-state index contributed by atoms with van der Waals surface area (Å²) in [6, 6.07) is 11.8. The van der Waals surface area contributed by atoms with Crippen LogP contribution in [0.25, 0.3) is 0 Å². The van der Waals surface area contributed by atoms with E-state index in [1.54, 1.807) is 11.3 Å². The van der Waals surface area contributed by atoms with Crippen molar-refractivity contribution in [2.75, 3.05) is 13.1 Å². The van der Waals surface area contributed by atoms with E-state index in [0.717, 1.165) is 42.0 Å². The number of hydrogen-bond donors (Lipinski definition) is 1. The van der Waals surface area contributed by atoms with Gasteiger partial charge in [0.05, 0.1) is 11.3 Å². The number of aryl methyl sites for hydroxylation is 1. The quantitative estimate of drug-likeness (QED) is 0.290. The summed E-state index contributed by atoms with van der Waals surface area (Å²) >= 11 is 6.27. The fourth-order valence-corrected chi connectivity index (χ4v) is 5.99. The van der Waals surface area contributed by atoms with Crippen molar-refractivity contribution in [2.45, 2.75) is 49.7 Å². The number of nitrogens with one attached hydrogen (secondary N) is 1. The molecule has 2 unspecified atom stereocenters. The maximum Gasteiger partial charge on any atom is 0.239 e. The highest BCUT2D eigenvalue weighted by Crippen LogP contribution is 2.27. The van der Waals surface area contributed by atoms with Crippen LogP contribution in [0.5, 0.6) is 0 Å². The molecule has 5 nitrogen and oxygen atoms in total. The van der Waals surface area contributed by atoms with Crippen molar-refractivity contribution >= 4 is 45.9 Å². The van der Waals surface area contributed by atoms with Crippen molar-refractivity contribution in [2.24, 2.45) is 0 Å². The predicted octanol–water partition coefficient (Wildman–Crippen LogP) is 4.13. The minimum atomic E-state index is -1.17. The molecule has 162 valence electrons. The second-order valence-electron chi connectivity index (χ2n) is 7.43. The van der Waals surface area contributed by atoms with E-state index in [1.165, 1.54) is 10.5 Å². The summed E-state index contributed by atoms with van der Waals surface area (Å²) < 4.78 is 12.5. The molecule has 0 aliphatic carbocycles. The van der Waals surface area contributed by atoms with Gasteiger partial charge < -0.3 is 9.87 Å². The Morgan fingerprint density at radius 3 is 2.67 bits per heavy atom. The molecule has 1 aliphatic heterocycles. The molecule has 0 saturated carbocycles. The van der Waals surface area contributed by atoms with Crippen LogP contribution in [0.2, 0.25) is 5.02 Å². The number of carbonyl (C=O) groups excluding carboxylic acids is 2. The number of rotatable bonds is 12. The van der Waals surface area contributed by atoms with Crippen LogP contribution in [0.1, 0.15) is 42.5 Å². The van der Waals surface area contributed by atoms with Gasteiger partial charge in [-0.3, -0.25) is 14.5 Å². The SMILES string of the molecule is O=C(CN1C(=O)CC1[S+]([O-])Cc1cccs1)NCCCCCCc1ccc(Cl)cc1. The summed E-state index contributed by atoms with van der Waals surface area (Å²) in [6.07, 6.45) is 5.46. The second kappa shape index (κ2) is 11.7. The lowest BCUT2D eigenvalue weighted by Crippen LogP contribution is -2.59. The van der Waals surface area contributed by atoms with Crippen molar-refractivity contribution < 1.29 is 14.1 Å². The monoisotopic (exact) mass is 466 g/mol. The van der Waals surface area contributed by atoms with E-state index in [9.17, 15) is 14.1 Å². The van der Waals surface area contributed by atoms with Gasteiger partial charge in [-0.2, -0.15) is 0 Å². The van der Waals surface area contributed by atoms with Gasteiger partial charge in [-0.1, -0.05) is 42.6 Å². The number of amides is 2. The number of nitrogens with zero attached hydrogens (tertiary/aromatic N) is 1. The van der Waals surface area contributed by atoms with Crippen molar-refractivity contribution in [3.05, 3.63) is 57.2 Å². The average Bonchev–Trinajstić information content (AvgIpc) is 3.23. The van der Waals surface area contributed by atoms with E-state index in [2.05, 4.69) is 17.4 Å². The molecule has 2 heterocycles. The first-order chi connectivity index (χ1) is 14.5. The Kier molecular flexibility index (Phi) is 9.05. The first-order valence-electron chi connectivity index (χ1n) is 10.2. The molecular weight excluding hydrogens is 440 g/mol. The second-order valence-corrected chi connectivity index (χ2v) is 10.5. The van der Waals surface area contributed by atoms with Crippen LogP contribution >= 0.6 is 22.9 Å². The van der Waals surface area contributed by atoms with Gasteiger partial charge >= 0.3 is 0 Å². The zero-order valence-corrected chi connectivity index (χ0v) is 19.2. The third-order valence-corrected chi connectivity index (χ3v) is 8.06. The number of unbranched alkanes of at least 4 members (excludes halogenated alkanes) is 3. The molecule has 30 heavy (non-hydrogen) atoms. The van der Waals surface area contributed by atoms with Gasteiger partial charge in [-0.05, 0) is 59.6 Å². The normalized spacial score (nSPS) is 16.9. The number of hydrogen-bond acceptors (Lipinski definition) is 4. The Bertz CT molecular complexity index is 814. The number of thiophene rings is 1. The van der Waals surface area contributed by atoms with Gasteiger partial charge in [-0.15, -0.1) is 11.3 Å². The zero-order chi connectivity index (χ0) is 21.3. The molecule has 1 saturated heterocycles. The lowest BCUT2D eigenvalue weighted by atomic mass is 10.1. The van der Waals surface area contributed by atoms with E-state index in [0.29, 0.717) is 12.3 Å². The molecule has 1 fully saturated rings. The molecule has 0 radical (unpaired) electrons. The van der Waals surface area contributed by atoms with Crippen LogP contribution in [-0.4, -0.2) is 39.7 Å². The standard InChI is InChI=1S/C22H27ClN2O3S2/c23-18-10-8-17(9-11-18)6-3-1-2-4-12-24-20(26)15-25-21(27)14-22(25)30(28)16-19-7-5-13-29-19/h5,7-11,13,22H,1-4,6,12,14-16H2,(H,24,26). The summed E-state index contributed by atoms with van der Waals surface area (Å²) in [5, 5.41) is 5.23. The highest BCUT2D eigenvalue weighted by Gasteiger charge is 2.45. The van der Waals surface area contributed by atoms with Crippen molar-refractivity contribution in [1.29, 1.82) is 0 Å². The Balaban J connectivity index is 1.26. The van der Waals surface area contributed by atoms with Crippen LogP contribution < -0.4 is 5.32 Å². The number of likely N-dealkylation sites (tertiary alicyclic amines) is 1. The number of benzene rings is 1. The van der Waals surface area contributed by atoms with Gasteiger partial charge in [0, 0.05) is 11.6 Å². The maximum absolute atomic E-state index is 12.5. The average molecular weight is 467 g/mol. The molecule has 3 rings (SSSR count). The van der Waals surface area contributed by atoms with Crippen LogP contribution in [-0.2, 0) is 32.9 Å². The van der Waals surface area contributed by atoms with Crippen LogP contribution in [0.15, 0.2) is 41.8 Å². The Labute approximate surface area is 190 Å². The molecule has 1 N–H and O–H groups in total. The number of carbonyl (C=O) groups is 2. The van der Waals surface area contributed by atoms with Gasteiger partial charge in [-0.25, -0.2) is 0 Å². The van der Waals surface area contributed by atoms with Crippen LogP contribution in [0.4, 0.5) is 0 Å². The van der Waals surface area contributed by atoms with E-state index in [4.69, 9.17) is 11.6 Å². The molecular formula is C22H27ClN2O3S2. The topological polar surface area (TPSA) is 72.5 Å². The fraction of sp³-hybridized carbons (Fsp3) is 0.455. The van der Waals surface area contributed by atoms with Gasteiger partial charge in [0.15, 0.2) is 5.37 Å². The van der Waals surface area contributed by atoms with Crippen LogP contribution in [0, 0.1) is 0 Å². The molecule has 2 atom stereocenters. The summed E-state index contributed by atoms with van der Waals surface area (Å²) in [4.78, 5) is 26.5. The lowest BCUT2D eigenvalue weighted by molar-refractivity contribution is -0.145. The fourth-order valence-electron chi connectivity index (χ4n) is 3.38. The summed E-state index contributed by atoms with van der Waals surface area (Å²) in [5.41, 5.74) is 1.29. The molecule has 1 aliphatic rings. The summed E-state index contributed by atoms with van der Waals surface area (Å²) in [5.74, 6) is 0.156. The van der Waals surface area contributed by atoms with Gasteiger partial charge in [0.1, 0.15) is 12.3 Å². The summed E-state index contributed by atoms with van der Waals surface area (Å²) in [6.45, 7) is 0.598. The van der Waals surface area contributed by atoms with Gasteiger partial charge in [0.25, 0.3) is 0 Å². The van der Waals surface area contributed by atoms with E-state index < -0.39 is 11.2 Å². The molecule has 2 aromatic rings. The molecule has 1 aromatic carbocycles. The predicted molar refractivity (Wildman–Crippen MR) is 123 cm³/mol. The smallest absolute Gasteiger partial charge is 0.239 e. The van der Waals surface area contributed by atoms with E-state index >= 15 is 0 Å². The van der Waals surface area contributed by atoms with Crippen molar-refractivity contribution in [3.8, 4) is 0 Å². The van der Waals surface area contributed by atoms with E-state index in [1.807, 2.05) is 29.6 Å². The number of β-lactam (4-membered cyclic amide) rings is 1. The Morgan fingerprint density at radius 2 is 1.97 bits per heavy atom. The van der Waals surface area contributed by atoms with Crippen molar-refractivity contribution in [1.82, 2.24) is 10.2 Å². The largest absolute Gasteiger partial charge is 0.614 e. The molecule has 8 heteroatoms. The molecule has 0 bridgehead atoms. The molecule has 0 spiro atoms. The third-order valence-electron chi connectivity index (χ3n) is 5.13. The highest BCUT2D eigenvalue weighted by atomic mass is 35.5. The van der Waals surface area contributed by atoms with Crippen LogP contribution in [0.3, 0.4) is 0 Å². The Hall–Kier alpha value is -1.54. The highest BCUT2D eigenvalue weighted by molar-refractivity contribution is 7.91. The molecule has 2 amide bonds. The van der Waals surface area contributed by atoms with Crippen molar-refractivity contribution in [3.63, 3.8) is 0 Å². The maximum atomic E-state index is 12.5. The minimum Gasteiger partial charge on any atom is -0.614 e. The van der Waals surface area contributed by atoms with Gasteiger partial charge in [0.2, 0.25) is 11.8 Å². The number of halogens is 1.